The van der Waals surface area contributed by atoms with Gasteiger partial charge in [0.25, 0.3) is 0 Å². The summed E-state index contributed by atoms with van der Waals surface area (Å²) in [4.78, 5) is 0. The molecule has 5 heteroatoms. The molecule has 1 saturated heterocycles. The zero-order valence-electron chi connectivity index (χ0n) is 18.6. The van der Waals surface area contributed by atoms with Crippen molar-refractivity contribution in [1.82, 2.24) is 0 Å². The van der Waals surface area contributed by atoms with E-state index in [0.29, 0.717) is 32.7 Å². The van der Waals surface area contributed by atoms with Gasteiger partial charge in [-0.1, -0.05) is 48.4 Å². The minimum Gasteiger partial charge on any atom is -0.497 e. The standard InChI is InChI=1S/C26H32O5/c1-5-22(28-17-20-9-7-6-8-10-20)15-24(16-25-19-30-26(2,3)31-25)29-18-21-11-13-23(27-4)14-12-21/h1,6-14,22,24-25H,15-19H2,2-4H3/t22-,24-,25-/m0/s1. The van der Waals surface area contributed by atoms with Crippen LogP contribution >= 0.6 is 0 Å². The van der Waals surface area contributed by atoms with Gasteiger partial charge in [0.1, 0.15) is 11.9 Å². The zero-order chi connectivity index (χ0) is 22.1. The highest BCUT2D eigenvalue weighted by atomic mass is 16.7. The van der Waals surface area contributed by atoms with Gasteiger partial charge in [-0.05, 0) is 37.1 Å². The third-order valence-corrected chi connectivity index (χ3v) is 5.19. The highest BCUT2D eigenvalue weighted by molar-refractivity contribution is 5.26. The summed E-state index contributed by atoms with van der Waals surface area (Å²) in [6, 6.07) is 17.9. The van der Waals surface area contributed by atoms with E-state index in [-0.39, 0.29) is 18.3 Å². The summed E-state index contributed by atoms with van der Waals surface area (Å²) in [7, 11) is 1.65. The second-order valence-electron chi connectivity index (χ2n) is 8.16. The summed E-state index contributed by atoms with van der Waals surface area (Å²) in [6.07, 6.45) is 6.53. The van der Waals surface area contributed by atoms with Crippen LogP contribution < -0.4 is 4.74 Å². The number of rotatable bonds is 11. The molecule has 1 heterocycles. The van der Waals surface area contributed by atoms with Gasteiger partial charge in [-0.25, -0.2) is 0 Å². The average Bonchev–Trinajstić information content (AvgIpc) is 3.13. The van der Waals surface area contributed by atoms with Crippen LogP contribution in [-0.4, -0.2) is 37.8 Å². The lowest BCUT2D eigenvalue weighted by Gasteiger charge is -2.24. The van der Waals surface area contributed by atoms with E-state index in [4.69, 9.17) is 30.1 Å². The van der Waals surface area contributed by atoms with E-state index >= 15 is 0 Å². The quantitative estimate of drug-likeness (QED) is 0.488. The van der Waals surface area contributed by atoms with Crippen molar-refractivity contribution < 1.29 is 23.7 Å². The molecule has 1 fully saturated rings. The Balaban J connectivity index is 1.59. The third-order valence-electron chi connectivity index (χ3n) is 5.19. The molecule has 0 bridgehead atoms. The number of terminal acetylenes is 1. The van der Waals surface area contributed by atoms with Crippen molar-refractivity contribution in [3.8, 4) is 18.1 Å². The van der Waals surface area contributed by atoms with E-state index < -0.39 is 5.79 Å². The Labute approximate surface area is 185 Å². The van der Waals surface area contributed by atoms with Gasteiger partial charge in [-0.15, -0.1) is 6.42 Å². The van der Waals surface area contributed by atoms with E-state index in [0.717, 1.165) is 16.9 Å². The Hall–Kier alpha value is -2.36. The summed E-state index contributed by atoms with van der Waals surface area (Å²) >= 11 is 0. The topological polar surface area (TPSA) is 46.2 Å². The number of hydrogen-bond acceptors (Lipinski definition) is 5. The van der Waals surface area contributed by atoms with Crippen LogP contribution in [0.5, 0.6) is 5.75 Å². The van der Waals surface area contributed by atoms with E-state index in [1.807, 2.05) is 68.4 Å². The van der Waals surface area contributed by atoms with E-state index in [2.05, 4.69) is 5.92 Å². The van der Waals surface area contributed by atoms with Crippen LogP contribution in [0.4, 0.5) is 0 Å². The molecule has 2 aromatic rings. The van der Waals surface area contributed by atoms with Crippen molar-refractivity contribution in [2.24, 2.45) is 0 Å². The van der Waals surface area contributed by atoms with Crippen molar-refractivity contribution >= 4 is 0 Å². The lowest BCUT2D eigenvalue weighted by Crippen LogP contribution is -2.29. The lowest BCUT2D eigenvalue weighted by molar-refractivity contribution is -0.143. The molecule has 0 aliphatic carbocycles. The predicted octanol–water partition coefficient (Wildman–Crippen LogP) is 4.73. The molecule has 0 radical (unpaired) electrons. The molecule has 0 spiro atoms. The maximum Gasteiger partial charge on any atom is 0.163 e. The van der Waals surface area contributed by atoms with E-state index in [1.54, 1.807) is 7.11 Å². The predicted molar refractivity (Wildman–Crippen MR) is 120 cm³/mol. The van der Waals surface area contributed by atoms with Crippen LogP contribution in [0, 0.1) is 12.3 Å². The molecule has 2 aromatic carbocycles. The Bertz CT molecular complexity index is 825. The van der Waals surface area contributed by atoms with Gasteiger partial charge >= 0.3 is 0 Å². The number of methoxy groups -OCH3 is 1. The van der Waals surface area contributed by atoms with Crippen LogP contribution in [0.3, 0.4) is 0 Å². The fourth-order valence-corrected chi connectivity index (χ4v) is 3.53. The highest BCUT2D eigenvalue weighted by Crippen LogP contribution is 2.27. The Morgan fingerprint density at radius 2 is 1.71 bits per heavy atom. The van der Waals surface area contributed by atoms with Gasteiger partial charge in [0.15, 0.2) is 5.79 Å². The molecule has 3 rings (SSSR count). The van der Waals surface area contributed by atoms with E-state index in [9.17, 15) is 0 Å². The van der Waals surface area contributed by atoms with Crippen LogP contribution in [0.1, 0.15) is 37.8 Å². The number of ether oxygens (including phenoxy) is 5. The molecule has 0 aromatic heterocycles. The van der Waals surface area contributed by atoms with Crippen molar-refractivity contribution in [1.29, 1.82) is 0 Å². The van der Waals surface area contributed by atoms with Gasteiger partial charge in [0, 0.05) is 12.8 Å². The molecule has 1 aliphatic heterocycles. The summed E-state index contributed by atoms with van der Waals surface area (Å²) in [5, 5.41) is 0. The lowest BCUT2D eigenvalue weighted by atomic mass is 10.1. The number of hydrogen-bond donors (Lipinski definition) is 0. The zero-order valence-corrected chi connectivity index (χ0v) is 18.6. The van der Waals surface area contributed by atoms with Gasteiger partial charge in [0.05, 0.1) is 39.1 Å². The molecule has 1 aliphatic rings. The van der Waals surface area contributed by atoms with Crippen molar-refractivity contribution in [2.75, 3.05) is 13.7 Å². The normalized spacial score (nSPS) is 19.5. The van der Waals surface area contributed by atoms with E-state index in [1.165, 1.54) is 0 Å². The smallest absolute Gasteiger partial charge is 0.163 e. The molecule has 3 atom stereocenters. The molecule has 0 N–H and O–H groups in total. The molecular weight excluding hydrogens is 392 g/mol. The van der Waals surface area contributed by atoms with Crippen LogP contribution in [0.15, 0.2) is 54.6 Å². The Morgan fingerprint density at radius 3 is 2.32 bits per heavy atom. The monoisotopic (exact) mass is 424 g/mol. The van der Waals surface area contributed by atoms with Gasteiger partial charge in [-0.3, -0.25) is 0 Å². The molecular formula is C26H32O5. The summed E-state index contributed by atoms with van der Waals surface area (Å²) in [6.45, 7) is 5.33. The maximum absolute atomic E-state index is 6.26. The Morgan fingerprint density at radius 1 is 1.03 bits per heavy atom. The molecule has 5 nitrogen and oxygen atoms in total. The maximum atomic E-state index is 6.26. The second-order valence-corrected chi connectivity index (χ2v) is 8.16. The minimum atomic E-state index is -0.569. The second kappa shape index (κ2) is 11.3. The summed E-state index contributed by atoms with van der Waals surface area (Å²) in [5.41, 5.74) is 2.16. The fraction of sp³-hybridized carbons (Fsp3) is 0.462. The van der Waals surface area contributed by atoms with Crippen molar-refractivity contribution in [3.63, 3.8) is 0 Å². The summed E-state index contributed by atoms with van der Waals surface area (Å²) < 4.78 is 29.2. The van der Waals surface area contributed by atoms with Gasteiger partial charge < -0.3 is 23.7 Å². The first-order valence-electron chi connectivity index (χ1n) is 10.7. The molecule has 166 valence electrons. The molecule has 0 unspecified atom stereocenters. The largest absolute Gasteiger partial charge is 0.497 e. The summed E-state index contributed by atoms with van der Waals surface area (Å²) in [5.74, 6) is 3.02. The first kappa shape index (κ1) is 23.3. The average molecular weight is 425 g/mol. The minimum absolute atomic E-state index is 0.0385. The van der Waals surface area contributed by atoms with Gasteiger partial charge in [0.2, 0.25) is 0 Å². The molecule has 31 heavy (non-hydrogen) atoms. The van der Waals surface area contributed by atoms with Crippen LogP contribution in [-0.2, 0) is 32.2 Å². The highest BCUT2D eigenvalue weighted by Gasteiger charge is 2.34. The molecule has 0 saturated carbocycles. The SMILES string of the molecule is C#C[C@@H](C[C@@H](C[C@H]1COC(C)(C)O1)OCc1ccc(OC)cc1)OCc1ccccc1. The van der Waals surface area contributed by atoms with Crippen LogP contribution in [0.2, 0.25) is 0 Å². The molecule has 0 amide bonds. The third kappa shape index (κ3) is 7.68. The fourth-order valence-electron chi connectivity index (χ4n) is 3.53. The van der Waals surface area contributed by atoms with Gasteiger partial charge in [-0.2, -0.15) is 0 Å². The first-order chi connectivity index (χ1) is 15.0. The number of benzene rings is 2. The van der Waals surface area contributed by atoms with Crippen molar-refractivity contribution in [2.45, 2.75) is 64.0 Å². The van der Waals surface area contributed by atoms with Crippen LogP contribution in [0.25, 0.3) is 0 Å². The first-order valence-corrected chi connectivity index (χ1v) is 10.7. The van der Waals surface area contributed by atoms with Crippen molar-refractivity contribution in [3.05, 3.63) is 65.7 Å². The Kier molecular flexibility index (Phi) is 8.51.